The summed E-state index contributed by atoms with van der Waals surface area (Å²) in [6.45, 7) is 7.32. The molecule has 0 heterocycles. The first-order valence-electron chi connectivity index (χ1n) is 3.30. The van der Waals surface area contributed by atoms with Gasteiger partial charge in [-0.3, -0.25) is 0 Å². The normalized spacial score (nSPS) is 32.4. The summed E-state index contributed by atoms with van der Waals surface area (Å²) >= 11 is 0. The van der Waals surface area contributed by atoms with Crippen LogP contribution in [0, 0.1) is 11.8 Å². The van der Waals surface area contributed by atoms with E-state index in [4.69, 9.17) is 0 Å². The minimum atomic E-state index is 0.751. The largest absolute Gasteiger partial charge is 0.103 e. The molecule has 1 aliphatic rings. The minimum Gasteiger partial charge on any atom is -0.103 e. The second-order valence-electron chi connectivity index (χ2n) is 2.42. The summed E-state index contributed by atoms with van der Waals surface area (Å²) in [5.74, 6) is 1.52. The Morgan fingerprint density at radius 2 is 2.00 bits per heavy atom. The first-order chi connectivity index (χ1) is 4.38. The van der Waals surface area contributed by atoms with Crippen molar-refractivity contribution >= 4 is 0 Å². The molecule has 1 rings (SSSR count). The highest BCUT2D eigenvalue weighted by atomic mass is 14.3. The fourth-order valence-electron chi connectivity index (χ4n) is 0.949. The Morgan fingerprint density at radius 1 is 1.22 bits per heavy atom. The van der Waals surface area contributed by atoms with Crippen molar-refractivity contribution in [2.45, 2.75) is 6.42 Å². The van der Waals surface area contributed by atoms with Gasteiger partial charge in [-0.2, -0.15) is 0 Å². The van der Waals surface area contributed by atoms with Crippen molar-refractivity contribution in [2.75, 3.05) is 0 Å². The van der Waals surface area contributed by atoms with E-state index in [2.05, 4.69) is 19.2 Å². The maximum Gasteiger partial charge on any atom is -0.0161 e. The maximum atomic E-state index is 3.72. The van der Waals surface area contributed by atoms with Gasteiger partial charge in [-0.15, -0.1) is 6.58 Å². The quantitative estimate of drug-likeness (QED) is 0.396. The van der Waals surface area contributed by atoms with Crippen LogP contribution >= 0.6 is 0 Å². The first-order valence-corrected chi connectivity index (χ1v) is 3.30. The van der Waals surface area contributed by atoms with Gasteiger partial charge < -0.3 is 0 Å². The molecule has 48 valence electrons. The van der Waals surface area contributed by atoms with Crippen LogP contribution in [-0.2, 0) is 0 Å². The van der Waals surface area contributed by atoms with Gasteiger partial charge in [0.15, 0.2) is 0 Å². The van der Waals surface area contributed by atoms with Gasteiger partial charge in [0.25, 0.3) is 0 Å². The highest BCUT2D eigenvalue weighted by Crippen LogP contribution is 2.40. The van der Waals surface area contributed by atoms with E-state index in [-0.39, 0.29) is 0 Å². The predicted molar refractivity (Wildman–Crippen MR) is 41.1 cm³/mol. The Balaban J connectivity index is 2.26. The molecule has 0 aliphatic heterocycles. The fourth-order valence-corrected chi connectivity index (χ4v) is 0.949. The monoisotopic (exact) mass is 120 g/mol. The van der Waals surface area contributed by atoms with Gasteiger partial charge in [0.1, 0.15) is 0 Å². The van der Waals surface area contributed by atoms with Gasteiger partial charge in [-0.25, -0.2) is 0 Å². The molecule has 9 heavy (non-hydrogen) atoms. The van der Waals surface area contributed by atoms with Gasteiger partial charge in [0.2, 0.25) is 0 Å². The van der Waals surface area contributed by atoms with Crippen molar-refractivity contribution in [2.24, 2.45) is 11.8 Å². The third kappa shape index (κ3) is 1.56. The average molecular weight is 120 g/mol. The first kappa shape index (κ1) is 6.34. The van der Waals surface area contributed by atoms with Gasteiger partial charge >= 0.3 is 0 Å². The van der Waals surface area contributed by atoms with Crippen LogP contribution in [-0.4, -0.2) is 0 Å². The molecule has 1 aliphatic carbocycles. The number of hydrogen-bond donors (Lipinski definition) is 0. The van der Waals surface area contributed by atoms with Crippen LogP contribution in [0.3, 0.4) is 0 Å². The zero-order valence-electron chi connectivity index (χ0n) is 5.59. The molecule has 0 unspecified atom stereocenters. The van der Waals surface area contributed by atoms with Crippen molar-refractivity contribution < 1.29 is 0 Å². The highest BCUT2D eigenvalue weighted by Gasteiger charge is 2.30. The third-order valence-electron chi connectivity index (χ3n) is 1.69. The summed E-state index contributed by atoms with van der Waals surface area (Å²) in [7, 11) is 0. The van der Waals surface area contributed by atoms with E-state index in [1.807, 2.05) is 18.2 Å². The highest BCUT2D eigenvalue weighted by molar-refractivity contribution is 5.11. The van der Waals surface area contributed by atoms with E-state index >= 15 is 0 Å². The van der Waals surface area contributed by atoms with E-state index in [1.165, 1.54) is 6.42 Å². The molecule has 0 spiro atoms. The molecule has 0 aromatic rings. The van der Waals surface area contributed by atoms with Crippen LogP contribution in [0.4, 0.5) is 0 Å². The molecule has 1 fully saturated rings. The second kappa shape index (κ2) is 2.67. The molecule has 0 aromatic heterocycles. The Morgan fingerprint density at radius 3 is 2.44 bits per heavy atom. The summed E-state index contributed by atoms with van der Waals surface area (Å²) < 4.78 is 0. The molecular formula is C9H12. The van der Waals surface area contributed by atoms with Crippen LogP contribution in [0.25, 0.3) is 0 Å². The van der Waals surface area contributed by atoms with Crippen LogP contribution in [0.1, 0.15) is 6.42 Å². The lowest BCUT2D eigenvalue weighted by molar-refractivity contribution is 0.998. The van der Waals surface area contributed by atoms with Crippen LogP contribution in [0.15, 0.2) is 37.5 Å². The fraction of sp³-hybridized carbons (Fsp3) is 0.333. The standard InChI is InChI=1S/C9H12/c1-3-5-6-9-7-8(9)4-2/h3-6,8-9H,1-2,7H2/b6-5-/t8-,9+/m1/s1. The lowest BCUT2D eigenvalue weighted by Gasteiger charge is -1.79. The SMILES string of the molecule is C=C/C=C\[C@H]1C[C@H]1C=C. The molecule has 0 N–H and O–H groups in total. The van der Waals surface area contributed by atoms with Gasteiger partial charge in [0, 0.05) is 0 Å². The third-order valence-corrected chi connectivity index (χ3v) is 1.69. The van der Waals surface area contributed by atoms with Crippen molar-refractivity contribution in [1.82, 2.24) is 0 Å². The molecule has 0 nitrogen and oxygen atoms in total. The summed E-state index contributed by atoms with van der Waals surface area (Å²) in [5.41, 5.74) is 0. The topological polar surface area (TPSA) is 0 Å². The van der Waals surface area contributed by atoms with Crippen LogP contribution in [0.2, 0.25) is 0 Å². The number of rotatable bonds is 3. The minimum absolute atomic E-state index is 0.751. The molecule has 0 radical (unpaired) electrons. The molecular weight excluding hydrogens is 108 g/mol. The van der Waals surface area contributed by atoms with Crippen molar-refractivity contribution in [3.63, 3.8) is 0 Å². The van der Waals surface area contributed by atoms with Crippen LogP contribution in [0.5, 0.6) is 0 Å². The zero-order valence-corrected chi connectivity index (χ0v) is 5.59. The molecule has 0 aromatic carbocycles. The van der Waals surface area contributed by atoms with E-state index in [1.54, 1.807) is 0 Å². The molecule has 0 saturated heterocycles. The molecule has 0 heteroatoms. The lowest BCUT2D eigenvalue weighted by atomic mass is 10.3. The van der Waals surface area contributed by atoms with Crippen molar-refractivity contribution in [3.8, 4) is 0 Å². The van der Waals surface area contributed by atoms with Crippen molar-refractivity contribution in [3.05, 3.63) is 37.5 Å². The molecule has 2 atom stereocenters. The zero-order chi connectivity index (χ0) is 6.69. The Kier molecular flexibility index (Phi) is 1.88. The van der Waals surface area contributed by atoms with Gasteiger partial charge in [0.05, 0.1) is 0 Å². The summed E-state index contributed by atoms with van der Waals surface area (Å²) in [5, 5.41) is 0. The number of hydrogen-bond acceptors (Lipinski definition) is 0. The molecule has 0 amide bonds. The Labute approximate surface area is 56.6 Å². The van der Waals surface area contributed by atoms with E-state index in [0.29, 0.717) is 0 Å². The Hall–Kier alpha value is -0.780. The Bertz CT molecular complexity index is 142. The van der Waals surface area contributed by atoms with E-state index in [9.17, 15) is 0 Å². The second-order valence-corrected chi connectivity index (χ2v) is 2.42. The van der Waals surface area contributed by atoms with Gasteiger partial charge in [-0.05, 0) is 18.3 Å². The predicted octanol–water partition coefficient (Wildman–Crippen LogP) is 2.55. The average Bonchev–Trinajstić information content (AvgIpc) is 2.62. The van der Waals surface area contributed by atoms with E-state index < -0.39 is 0 Å². The number of allylic oxidation sites excluding steroid dienone is 4. The van der Waals surface area contributed by atoms with Gasteiger partial charge in [-0.1, -0.05) is 30.9 Å². The maximum absolute atomic E-state index is 3.72. The van der Waals surface area contributed by atoms with Crippen LogP contribution < -0.4 is 0 Å². The van der Waals surface area contributed by atoms with E-state index in [0.717, 1.165) is 11.8 Å². The summed E-state index contributed by atoms with van der Waals surface area (Å²) in [6.07, 6.45) is 9.33. The summed E-state index contributed by atoms with van der Waals surface area (Å²) in [4.78, 5) is 0. The smallest absolute Gasteiger partial charge is 0.0161 e. The van der Waals surface area contributed by atoms with Crippen molar-refractivity contribution in [1.29, 1.82) is 0 Å². The molecule has 1 saturated carbocycles. The summed E-state index contributed by atoms with van der Waals surface area (Å²) in [6, 6.07) is 0. The molecule has 0 bridgehead atoms. The lowest BCUT2D eigenvalue weighted by Crippen LogP contribution is -1.68.